The number of hydrogen-bond acceptors (Lipinski definition) is 5. The monoisotopic (exact) mass is 260 g/mol. The number of ether oxygens (including phenoxy) is 1. The number of rotatable bonds is 3. The van der Waals surface area contributed by atoms with Crippen LogP contribution in [0.1, 0.15) is 27.4 Å². The summed E-state index contributed by atoms with van der Waals surface area (Å²) < 4.78 is 4.94. The number of carbonyl (C=O) groups is 1. The van der Waals surface area contributed by atoms with Crippen molar-refractivity contribution in [2.24, 2.45) is 10.9 Å². The number of thiophene rings is 1. The largest absolute Gasteiger partial charge is 0.462 e. The summed E-state index contributed by atoms with van der Waals surface area (Å²) >= 11 is 1.37. The molecule has 0 bridgehead atoms. The summed E-state index contributed by atoms with van der Waals surface area (Å²) in [6.07, 6.45) is 5.20. The minimum absolute atomic E-state index is 0.0272. The highest BCUT2D eigenvalue weighted by Gasteiger charge is 2.23. The number of aliphatic imine (C=N–C) groups is 1. The van der Waals surface area contributed by atoms with Gasteiger partial charge in [-0.3, -0.25) is 4.99 Å². The average Bonchev–Trinajstić information content (AvgIpc) is 2.88. The third-order valence-corrected chi connectivity index (χ3v) is 3.76. The molecule has 0 saturated heterocycles. The van der Waals surface area contributed by atoms with Crippen LogP contribution in [0.25, 0.3) is 0 Å². The molecule has 0 fully saturated rings. The van der Waals surface area contributed by atoms with E-state index >= 15 is 0 Å². The lowest BCUT2D eigenvalue weighted by molar-refractivity contribution is 0.0532. The SMILES string of the molecule is CCOC(=O)c1ccc(C2C=CN=CC2C#N)s1. The lowest BCUT2D eigenvalue weighted by atomic mass is 9.92. The number of nitrogens with zero attached hydrogens (tertiary/aromatic N) is 2. The summed E-state index contributed by atoms with van der Waals surface area (Å²) in [5, 5.41) is 9.06. The van der Waals surface area contributed by atoms with Crippen LogP contribution in [0.2, 0.25) is 0 Å². The Balaban J connectivity index is 2.20. The minimum atomic E-state index is -0.310. The lowest BCUT2D eigenvalue weighted by Crippen LogP contribution is -2.11. The molecule has 1 aliphatic rings. The fraction of sp³-hybridized carbons (Fsp3) is 0.308. The predicted octanol–water partition coefficient (Wildman–Crippen LogP) is 2.75. The van der Waals surface area contributed by atoms with Gasteiger partial charge in [-0.05, 0) is 19.1 Å². The van der Waals surface area contributed by atoms with E-state index in [1.54, 1.807) is 25.4 Å². The molecule has 0 saturated carbocycles. The van der Waals surface area contributed by atoms with Crippen LogP contribution in [-0.4, -0.2) is 18.8 Å². The highest BCUT2D eigenvalue weighted by molar-refractivity contribution is 7.14. The number of hydrogen-bond donors (Lipinski definition) is 0. The van der Waals surface area contributed by atoms with E-state index in [0.29, 0.717) is 11.5 Å². The van der Waals surface area contributed by atoms with Crippen molar-refractivity contribution in [1.29, 1.82) is 5.26 Å². The van der Waals surface area contributed by atoms with Gasteiger partial charge in [0.25, 0.3) is 0 Å². The van der Waals surface area contributed by atoms with E-state index in [1.165, 1.54) is 11.3 Å². The summed E-state index contributed by atoms with van der Waals surface area (Å²) in [6.45, 7) is 2.14. The Bertz CT molecular complexity index is 539. The zero-order chi connectivity index (χ0) is 13.0. The summed E-state index contributed by atoms with van der Waals surface area (Å²) in [5.74, 6) is -0.611. The highest BCUT2D eigenvalue weighted by atomic mass is 32.1. The molecule has 92 valence electrons. The van der Waals surface area contributed by atoms with Crippen LogP contribution in [0.3, 0.4) is 0 Å². The van der Waals surface area contributed by atoms with Crippen LogP contribution >= 0.6 is 11.3 Å². The summed E-state index contributed by atoms with van der Waals surface area (Å²) in [5.41, 5.74) is 0. The Labute approximate surface area is 109 Å². The van der Waals surface area contributed by atoms with Gasteiger partial charge in [0.2, 0.25) is 0 Å². The van der Waals surface area contributed by atoms with Crippen molar-refractivity contribution in [2.45, 2.75) is 12.8 Å². The molecule has 0 aromatic carbocycles. The van der Waals surface area contributed by atoms with Gasteiger partial charge in [0.05, 0.1) is 18.6 Å². The average molecular weight is 260 g/mol. The fourth-order valence-electron chi connectivity index (χ4n) is 1.73. The van der Waals surface area contributed by atoms with Crippen molar-refractivity contribution < 1.29 is 9.53 Å². The first-order chi connectivity index (χ1) is 8.76. The van der Waals surface area contributed by atoms with Crippen molar-refractivity contribution in [3.8, 4) is 6.07 Å². The third-order valence-electron chi connectivity index (χ3n) is 2.59. The van der Waals surface area contributed by atoms with Crippen LogP contribution in [0.15, 0.2) is 29.4 Å². The topological polar surface area (TPSA) is 62.4 Å². The van der Waals surface area contributed by atoms with E-state index in [4.69, 9.17) is 10.00 Å². The van der Waals surface area contributed by atoms with E-state index in [0.717, 1.165) is 4.88 Å². The van der Waals surface area contributed by atoms with Crippen LogP contribution in [0.4, 0.5) is 0 Å². The summed E-state index contributed by atoms with van der Waals surface area (Å²) in [6, 6.07) is 5.82. The van der Waals surface area contributed by atoms with Gasteiger partial charge in [-0.2, -0.15) is 5.26 Å². The Kier molecular flexibility index (Phi) is 3.90. The van der Waals surface area contributed by atoms with E-state index in [9.17, 15) is 4.79 Å². The first-order valence-electron chi connectivity index (χ1n) is 5.62. The maximum absolute atomic E-state index is 11.6. The molecule has 2 unspecified atom stereocenters. The van der Waals surface area contributed by atoms with Gasteiger partial charge in [-0.25, -0.2) is 4.79 Å². The molecule has 1 aromatic rings. The first-order valence-corrected chi connectivity index (χ1v) is 6.44. The standard InChI is InChI=1S/C13H12N2O2S/c1-2-17-13(16)12-4-3-11(18-12)10-5-6-15-8-9(10)7-14/h3-6,8-10H,2H2,1H3. The molecule has 0 amide bonds. The van der Waals surface area contributed by atoms with Gasteiger partial charge in [-0.1, -0.05) is 6.08 Å². The van der Waals surface area contributed by atoms with Crippen LogP contribution in [0, 0.1) is 17.2 Å². The quantitative estimate of drug-likeness (QED) is 0.785. The van der Waals surface area contributed by atoms with Crippen molar-refractivity contribution >= 4 is 23.5 Å². The first kappa shape index (κ1) is 12.5. The molecule has 4 nitrogen and oxygen atoms in total. The number of esters is 1. The Hall–Kier alpha value is -1.93. The second kappa shape index (κ2) is 5.61. The summed E-state index contributed by atoms with van der Waals surface area (Å²) in [7, 11) is 0. The third kappa shape index (κ3) is 2.49. The van der Waals surface area contributed by atoms with Gasteiger partial charge in [0.1, 0.15) is 4.88 Å². The number of carbonyl (C=O) groups excluding carboxylic acids is 1. The molecule has 2 heterocycles. The molecule has 1 aromatic heterocycles. The molecule has 18 heavy (non-hydrogen) atoms. The molecular weight excluding hydrogens is 248 g/mol. The van der Waals surface area contributed by atoms with E-state index < -0.39 is 0 Å². The van der Waals surface area contributed by atoms with Gasteiger partial charge in [-0.15, -0.1) is 11.3 Å². The normalized spacial score (nSPS) is 21.6. The fourth-order valence-corrected chi connectivity index (χ4v) is 2.76. The van der Waals surface area contributed by atoms with Crippen molar-refractivity contribution in [2.75, 3.05) is 6.61 Å². The number of nitriles is 1. The maximum Gasteiger partial charge on any atom is 0.348 e. The molecule has 1 aliphatic heterocycles. The predicted molar refractivity (Wildman–Crippen MR) is 69.8 cm³/mol. The van der Waals surface area contributed by atoms with Gasteiger partial charge < -0.3 is 4.74 Å². The summed E-state index contributed by atoms with van der Waals surface area (Å²) in [4.78, 5) is 17.1. The van der Waals surface area contributed by atoms with E-state index in [-0.39, 0.29) is 17.8 Å². The molecule has 0 radical (unpaired) electrons. The van der Waals surface area contributed by atoms with Crippen molar-refractivity contribution in [1.82, 2.24) is 0 Å². The molecule has 5 heteroatoms. The molecule has 2 atom stereocenters. The van der Waals surface area contributed by atoms with E-state index in [2.05, 4.69) is 11.1 Å². The molecular formula is C13H12N2O2S. The molecule has 2 rings (SSSR count). The molecule has 0 spiro atoms. The van der Waals surface area contributed by atoms with Crippen LogP contribution < -0.4 is 0 Å². The Morgan fingerprint density at radius 3 is 3.17 bits per heavy atom. The van der Waals surface area contributed by atoms with Crippen molar-refractivity contribution in [3.05, 3.63) is 34.2 Å². The minimum Gasteiger partial charge on any atom is -0.462 e. The van der Waals surface area contributed by atoms with Gasteiger partial charge >= 0.3 is 5.97 Å². The smallest absolute Gasteiger partial charge is 0.348 e. The second-order valence-corrected chi connectivity index (χ2v) is 4.86. The Morgan fingerprint density at radius 2 is 2.44 bits per heavy atom. The van der Waals surface area contributed by atoms with Crippen LogP contribution in [-0.2, 0) is 4.74 Å². The molecule has 0 N–H and O–H groups in total. The van der Waals surface area contributed by atoms with E-state index in [1.807, 2.05) is 12.1 Å². The van der Waals surface area contributed by atoms with Crippen molar-refractivity contribution in [3.63, 3.8) is 0 Å². The highest BCUT2D eigenvalue weighted by Crippen LogP contribution is 2.32. The van der Waals surface area contributed by atoms with Gasteiger partial charge in [0.15, 0.2) is 0 Å². The number of allylic oxidation sites excluding steroid dienone is 1. The Morgan fingerprint density at radius 1 is 1.61 bits per heavy atom. The molecule has 0 aliphatic carbocycles. The lowest BCUT2D eigenvalue weighted by Gasteiger charge is -2.15. The van der Waals surface area contributed by atoms with Gasteiger partial charge in [0, 0.05) is 23.2 Å². The zero-order valence-electron chi connectivity index (χ0n) is 9.87. The second-order valence-electron chi connectivity index (χ2n) is 3.74. The zero-order valence-corrected chi connectivity index (χ0v) is 10.7. The maximum atomic E-state index is 11.6. The van der Waals surface area contributed by atoms with Crippen LogP contribution in [0.5, 0.6) is 0 Å².